The van der Waals surface area contributed by atoms with Gasteiger partial charge in [-0.1, -0.05) is 6.07 Å². The van der Waals surface area contributed by atoms with Crippen LogP contribution in [0.4, 0.5) is 0 Å². The lowest BCUT2D eigenvalue weighted by molar-refractivity contribution is -0.137. The third kappa shape index (κ3) is 4.61. The largest absolute Gasteiger partial charge is 0.481 e. The summed E-state index contributed by atoms with van der Waals surface area (Å²) in [6, 6.07) is 3.32. The number of carbonyl (C=O) groups excluding carboxylic acids is 1. The van der Waals surface area contributed by atoms with Gasteiger partial charge in [-0.2, -0.15) is 0 Å². The fourth-order valence-electron chi connectivity index (χ4n) is 2.49. The first-order chi connectivity index (χ1) is 9.65. The predicted octanol–water partition coefficient (Wildman–Crippen LogP) is 1.77. The summed E-state index contributed by atoms with van der Waals surface area (Å²) in [4.78, 5) is 23.9. The summed E-state index contributed by atoms with van der Waals surface area (Å²) in [6.07, 6.45) is 2.44. The molecule has 0 radical (unpaired) electrons. The average molecular weight is 296 g/mol. The lowest BCUT2D eigenvalue weighted by atomic mass is 9.94. The molecule has 0 aromatic carbocycles. The molecule has 110 valence electrons. The Labute approximate surface area is 122 Å². The van der Waals surface area contributed by atoms with Gasteiger partial charge in [0.25, 0.3) is 0 Å². The van der Waals surface area contributed by atoms with Crippen LogP contribution in [0.5, 0.6) is 0 Å². The van der Waals surface area contributed by atoms with Crippen LogP contribution in [-0.4, -0.2) is 30.1 Å². The van der Waals surface area contributed by atoms with Gasteiger partial charge >= 0.3 is 5.97 Å². The van der Waals surface area contributed by atoms with Gasteiger partial charge in [0, 0.05) is 11.3 Å². The summed E-state index contributed by atoms with van der Waals surface area (Å²) < 4.78 is 0. The summed E-state index contributed by atoms with van der Waals surface area (Å²) in [5, 5.41) is 17.0. The van der Waals surface area contributed by atoms with E-state index in [4.69, 9.17) is 5.11 Å². The Hall–Kier alpha value is -1.40. The van der Waals surface area contributed by atoms with Crippen molar-refractivity contribution < 1.29 is 14.7 Å². The summed E-state index contributed by atoms with van der Waals surface area (Å²) in [7, 11) is 0. The van der Waals surface area contributed by atoms with Crippen LogP contribution in [0, 0.1) is 5.92 Å². The predicted molar refractivity (Wildman–Crippen MR) is 77.7 cm³/mol. The molecule has 1 aliphatic rings. The number of aliphatic carboxylic acids is 1. The number of amides is 1. The number of rotatable bonds is 6. The smallest absolute Gasteiger partial charge is 0.305 e. The molecule has 1 fully saturated rings. The van der Waals surface area contributed by atoms with Crippen LogP contribution in [0.25, 0.3) is 0 Å². The Morgan fingerprint density at radius 1 is 1.45 bits per heavy atom. The van der Waals surface area contributed by atoms with Gasteiger partial charge in [0.2, 0.25) is 5.91 Å². The normalized spacial score (nSPS) is 17.6. The highest BCUT2D eigenvalue weighted by molar-refractivity contribution is 7.10. The molecule has 1 unspecified atom stereocenters. The van der Waals surface area contributed by atoms with E-state index in [1.807, 2.05) is 17.5 Å². The molecule has 1 amide bonds. The lowest BCUT2D eigenvalue weighted by Crippen LogP contribution is -2.34. The first kappa shape index (κ1) is 15.0. The minimum Gasteiger partial charge on any atom is -0.481 e. The molecule has 0 spiro atoms. The Bertz CT molecular complexity index is 441. The standard InChI is InChI=1S/C14H20N2O3S/c17-13(8-10-3-5-15-6-4-10)16-11(9-14(18)19)12-2-1-7-20-12/h1-2,7,10-11,15H,3-6,8-9H2,(H,16,17)(H,18,19). The number of carboxylic acid groups (broad SMARTS) is 1. The molecule has 5 nitrogen and oxygen atoms in total. The highest BCUT2D eigenvalue weighted by Crippen LogP contribution is 2.23. The van der Waals surface area contributed by atoms with Crippen LogP contribution in [0.2, 0.25) is 0 Å². The van der Waals surface area contributed by atoms with Crippen LogP contribution in [0.1, 0.15) is 36.6 Å². The van der Waals surface area contributed by atoms with Crippen molar-refractivity contribution in [1.82, 2.24) is 10.6 Å². The quantitative estimate of drug-likeness (QED) is 0.747. The van der Waals surface area contributed by atoms with E-state index < -0.39 is 12.0 Å². The molecule has 20 heavy (non-hydrogen) atoms. The summed E-state index contributed by atoms with van der Waals surface area (Å²) in [5.41, 5.74) is 0. The van der Waals surface area contributed by atoms with Gasteiger partial charge in [0.1, 0.15) is 0 Å². The lowest BCUT2D eigenvalue weighted by Gasteiger charge is -2.23. The van der Waals surface area contributed by atoms with Crippen LogP contribution < -0.4 is 10.6 Å². The molecule has 1 saturated heterocycles. The van der Waals surface area contributed by atoms with Crippen molar-refractivity contribution >= 4 is 23.2 Å². The van der Waals surface area contributed by atoms with Crippen molar-refractivity contribution in [3.63, 3.8) is 0 Å². The van der Waals surface area contributed by atoms with E-state index in [0.717, 1.165) is 30.8 Å². The molecular weight excluding hydrogens is 276 g/mol. The maximum absolute atomic E-state index is 12.1. The Balaban J connectivity index is 1.89. The Kier molecular flexibility index (Phi) is 5.55. The number of carbonyl (C=O) groups is 2. The summed E-state index contributed by atoms with van der Waals surface area (Å²) in [6.45, 7) is 1.92. The van der Waals surface area contributed by atoms with Gasteiger partial charge in [-0.05, 0) is 43.3 Å². The zero-order valence-electron chi connectivity index (χ0n) is 11.3. The number of hydrogen-bond donors (Lipinski definition) is 3. The van der Waals surface area contributed by atoms with Crippen molar-refractivity contribution in [2.45, 2.75) is 31.7 Å². The molecule has 2 heterocycles. The minimum atomic E-state index is -0.898. The van der Waals surface area contributed by atoms with E-state index in [0.29, 0.717) is 12.3 Å². The zero-order valence-corrected chi connectivity index (χ0v) is 12.1. The van der Waals surface area contributed by atoms with Crippen molar-refractivity contribution in [1.29, 1.82) is 0 Å². The first-order valence-corrected chi connectivity index (χ1v) is 7.78. The summed E-state index contributed by atoms with van der Waals surface area (Å²) >= 11 is 1.47. The van der Waals surface area contributed by atoms with Gasteiger partial charge in [0.05, 0.1) is 12.5 Å². The third-order valence-corrected chi connectivity index (χ3v) is 4.52. The molecular formula is C14H20N2O3S. The first-order valence-electron chi connectivity index (χ1n) is 6.90. The van der Waals surface area contributed by atoms with Crippen molar-refractivity contribution in [3.05, 3.63) is 22.4 Å². The highest BCUT2D eigenvalue weighted by atomic mass is 32.1. The van der Waals surface area contributed by atoms with Gasteiger partial charge in [-0.15, -0.1) is 11.3 Å². The maximum Gasteiger partial charge on any atom is 0.305 e. The fourth-order valence-corrected chi connectivity index (χ4v) is 3.27. The van der Waals surface area contributed by atoms with Crippen LogP contribution >= 0.6 is 11.3 Å². The van der Waals surface area contributed by atoms with E-state index in [2.05, 4.69) is 10.6 Å². The second-order valence-corrected chi connectivity index (χ2v) is 6.11. The number of nitrogens with one attached hydrogen (secondary N) is 2. The number of carboxylic acids is 1. The second-order valence-electron chi connectivity index (χ2n) is 5.13. The van der Waals surface area contributed by atoms with Gasteiger partial charge in [-0.3, -0.25) is 9.59 Å². The second kappa shape index (κ2) is 7.40. The molecule has 2 rings (SSSR count). The van der Waals surface area contributed by atoms with E-state index in [-0.39, 0.29) is 12.3 Å². The monoisotopic (exact) mass is 296 g/mol. The molecule has 1 aromatic rings. The van der Waals surface area contributed by atoms with E-state index in [1.54, 1.807) is 0 Å². The number of hydrogen-bond acceptors (Lipinski definition) is 4. The van der Waals surface area contributed by atoms with Gasteiger partial charge in [0.15, 0.2) is 0 Å². The van der Waals surface area contributed by atoms with Crippen LogP contribution in [0.3, 0.4) is 0 Å². The fraction of sp³-hybridized carbons (Fsp3) is 0.571. The van der Waals surface area contributed by atoms with Crippen molar-refractivity contribution in [2.24, 2.45) is 5.92 Å². The van der Waals surface area contributed by atoms with Crippen LogP contribution in [-0.2, 0) is 9.59 Å². The molecule has 3 N–H and O–H groups in total. The molecule has 0 aliphatic carbocycles. The molecule has 6 heteroatoms. The van der Waals surface area contributed by atoms with Crippen LogP contribution in [0.15, 0.2) is 17.5 Å². The summed E-state index contributed by atoms with van der Waals surface area (Å²) in [5.74, 6) is -0.535. The van der Waals surface area contributed by atoms with Gasteiger partial charge < -0.3 is 15.7 Å². The minimum absolute atomic E-state index is 0.0449. The topological polar surface area (TPSA) is 78.4 Å². The average Bonchev–Trinajstić information content (AvgIpc) is 2.92. The third-order valence-electron chi connectivity index (χ3n) is 3.53. The van der Waals surface area contributed by atoms with E-state index in [1.165, 1.54) is 11.3 Å². The van der Waals surface area contributed by atoms with Crippen molar-refractivity contribution in [3.8, 4) is 0 Å². The molecule has 1 aromatic heterocycles. The number of piperidine rings is 1. The Morgan fingerprint density at radius 2 is 2.20 bits per heavy atom. The van der Waals surface area contributed by atoms with Crippen molar-refractivity contribution in [2.75, 3.05) is 13.1 Å². The molecule has 1 atom stereocenters. The van der Waals surface area contributed by atoms with E-state index >= 15 is 0 Å². The molecule has 0 bridgehead atoms. The van der Waals surface area contributed by atoms with Gasteiger partial charge in [-0.25, -0.2) is 0 Å². The molecule has 0 saturated carbocycles. The molecule has 1 aliphatic heterocycles. The Morgan fingerprint density at radius 3 is 2.80 bits per heavy atom. The highest BCUT2D eigenvalue weighted by Gasteiger charge is 2.22. The SMILES string of the molecule is O=C(O)CC(NC(=O)CC1CCNCC1)c1cccs1. The maximum atomic E-state index is 12.1. The van der Waals surface area contributed by atoms with E-state index in [9.17, 15) is 9.59 Å². The number of thiophene rings is 1. The zero-order chi connectivity index (χ0) is 14.4.